The predicted octanol–water partition coefficient (Wildman–Crippen LogP) is 4.17. The van der Waals surface area contributed by atoms with Crippen molar-refractivity contribution < 1.29 is 4.39 Å². The molecule has 0 saturated heterocycles. The van der Waals surface area contributed by atoms with E-state index in [-0.39, 0.29) is 11.9 Å². The van der Waals surface area contributed by atoms with Crippen LogP contribution in [0.25, 0.3) is 0 Å². The second kappa shape index (κ2) is 10.2. The van der Waals surface area contributed by atoms with E-state index in [4.69, 9.17) is 0 Å². The summed E-state index contributed by atoms with van der Waals surface area (Å²) >= 11 is 0. The number of pyridine rings is 1. The van der Waals surface area contributed by atoms with Gasteiger partial charge in [0.1, 0.15) is 5.82 Å². The fourth-order valence-electron chi connectivity index (χ4n) is 2.77. The molecule has 0 bridgehead atoms. The molecule has 1 unspecified atom stereocenters. The lowest BCUT2D eigenvalue weighted by atomic mass is 10.1. The summed E-state index contributed by atoms with van der Waals surface area (Å²) in [6.07, 6.45) is 3.33. The maximum Gasteiger partial charge on any atom is 0.141 e. The quantitative estimate of drug-likeness (QED) is 0.709. The summed E-state index contributed by atoms with van der Waals surface area (Å²) in [5, 5.41) is 3.54. The van der Waals surface area contributed by atoms with Gasteiger partial charge in [0.05, 0.1) is 17.9 Å². The topological polar surface area (TPSA) is 28.2 Å². The van der Waals surface area contributed by atoms with Gasteiger partial charge < -0.3 is 5.32 Å². The van der Waals surface area contributed by atoms with E-state index >= 15 is 0 Å². The molecule has 0 spiro atoms. The van der Waals surface area contributed by atoms with E-state index in [0.29, 0.717) is 0 Å². The Hall–Kier alpha value is -1.78. The molecule has 2 aromatic rings. The molecule has 1 heterocycles. The second-order valence-electron chi connectivity index (χ2n) is 6.05. The summed E-state index contributed by atoms with van der Waals surface area (Å²) in [5.41, 5.74) is 2.25. The molecule has 2 rings (SSSR count). The smallest absolute Gasteiger partial charge is 0.141 e. The van der Waals surface area contributed by atoms with E-state index in [1.54, 1.807) is 6.07 Å². The van der Waals surface area contributed by atoms with Crippen molar-refractivity contribution in [3.8, 4) is 0 Å². The predicted molar refractivity (Wildman–Crippen MR) is 97.2 cm³/mol. The first kappa shape index (κ1) is 18.6. The summed E-state index contributed by atoms with van der Waals surface area (Å²) in [6.45, 7) is 8.21. The third-order valence-electron chi connectivity index (χ3n) is 4.18. The molecule has 0 aliphatic carbocycles. The molecule has 0 saturated carbocycles. The Bertz CT molecular complexity index is 571. The maximum absolute atomic E-state index is 13.1. The van der Waals surface area contributed by atoms with Gasteiger partial charge in [0.25, 0.3) is 0 Å². The Morgan fingerprint density at radius 3 is 2.54 bits per heavy atom. The number of aromatic nitrogens is 1. The largest absolute Gasteiger partial charge is 0.309 e. The van der Waals surface area contributed by atoms with E-state index in [9.17, 15) is 4.39 Å². The normalized spacial score (nSPS) is 12.5. The maximum atomic E-state index is 13.1. The Kier molecular flexibility index (Phi) is 7.86. The van der Waals surface area contributed by atoms with Crippen molar-refractivity contribution in [3.05, 3.63) is 65.7 Å². The van der Waals surface area contributed by atoms with Crippen LogP contribution >= 0.6 is 0 Å². The number of hydrogen-bond donors (Lipinski definition) is 1. The number of hydrogen-bond acceptors (Lipinski definition) is 3. The summed E-state index contributed by atoms with van der Waals surface area (Å²) in [5.74, 6) is -0.285. The number of nitrogens with one attached hydrogen (secondary N) is 1. The lowest BCUT2D eigenvalue weighted by molar-refractivity contribution is 0.260. The Morgan fingerprint density at radius 1 is 1.12 bits per heavy atom. The molecule has 1 N–H and O–H groups in total. The molecular formula is C20H28FN3. The van der Waals surface area contributed by atoms with Gasteiger partial charge in [-0.15, -0.1) is 0 Å². The van der Waals surface area contributed by atoms with Gasteiger partial charge in [-0.25, -0.2) is 4.39 Å². The zero-order chi connectivity index (χ0) is 17.2. The third kappa shape index (κ3) is 6.02. The Balaban J connectivity index is 1.96. The molecule has 0 aliphatic rings. The van der Waals surface area contributed by atoms with Gasteiger partial charge in [0, 0.05) is 13.1 Å². The molecule has 24 heavy (non-hydrogen) atoms. The van der Waals surface area contributed by atoms with E-state index in [0.717, 1.165) is 44.7 Å². The molecular weight excluding hydrogens is 301 g/mol. The zero-order valence-electron chi connectivity index (χ0n) is 14.7. The van der Waals surface area contributed by atoms with E-state index < -0.39 is 0 Å². The first-order valence-corrected chi connectivity index (χ1v) is 8.84. The monoisotopic (exact) mass is 329 g/mol. The van der Waals surface area contributed by atoms with Gasteiger partial charge >= 0.3 is 0 Å². The van der Waals surface area contributed by atoms with Crippen molar-refractivity contribution in [1.29, 1.82) is 0 Å². The van der Waals surface area contributed by atoms with Gasteiger partial charge in [-0.05, 0) is 43.6 Å². The standard InChI is InChI=1S/C20H28FN3/c1-3-13-22-20(19-11-10-18(21)15-23-19)12-14-24(4-2)16-17-8-6-5-7-9-17/h5-11,15,20,22H,3-4,12-14,16H2,1-2H3. The SMILES string of the molecule is CCCNC(CCN(CC)Cc1ccccc1)c1ccc(F)cn1. The van der Waals surface area contributed by atoms with Crippen LogP contribution in [-0.4, -0.2) is 29.5 Å². The van der Waals surface area contributed by atoms with Crippen LogP contribution in [-0.2, 0) is 6.54 Å². The molecule has 0 aliphatic heterocycles. The van der Waals surface area contributed by atoms with Crippen LogP contribution in [0.3, 0.4) is 0 Å². The van der Waals surface area contributed by atoms with Crippen LogP contribution in [0.1, 0.15) is 44.0 Å². The molecule has 0 amide bonds. The minimum Gasteiger partial charge on any atom is -0.309 e. The van der Waals surface area contributed by atoms with Crippen molar-refractivity contribution >= 4 is 0 Å². The number of halogens is 1. The summed E-state index contributed by atoms with van der Waals surface area (Å²) < 4.78 is 13.1. The number of nitrogens with zero attached hydrogens (tertiary/aromatic N) is 2. The average molecular weight is 329 g/mol. The van der Waals surface area contributed by atoms with E-state index in [1.165, 1.54) is 17.8 Å². The highest BCUT2D eigenvalue weighted by Crippen LogP contribution is 2.16. The van der Waals surface area contributed by atoms with Crippen LogP contribution in [0.4, 0.5) is 4.39 Å². The van der Waals surface area contributed by atoms with Gasteiger partial charge in [-0.2, -0.15) is 0 Å². The molecule has 0 radical (unpaired) electrons. The summed E-state index contributed by atoms with van der Waals surface area (Å²) in [7, 11) is 0. The van der Waals surface area contributed by atoms with Crippen molar-refractivity contribution in [1.82, 2.24) is 15.2 Å². The molecule has 1 aromatic carbocycles. The molecule has 4 heteroatoms. The Morgan fingerprint density at radius 2 is 1.92 bits per heavy atom. The highest BCUT2D eigenvalue weighted by Gasteiger charge is 2.14. The minimum absolute atomic E-state index is 0.162. The van der Waals surface area contributed by atoms with Crippen LogP contribution in [0.15, 0.2) is 48.7 Å². The lowest BCUT2D eigenvalue weighted by Gasteiger charge is -2.24. The highest BCUT2D eigenvalue weighted by atomic mass is 19.1. The third-order valence-corrected chi connectivity index (χ3v) is 4.18. The first-order valence-electron chi connectivity index (χ1n) is 8.84. The van der Waals surface area contributed by atoms with Crippen molar-refractivity contribution in [2.45, 2.75) is 39.3 Å². The van der Waals surface area contributed by atoms with Crippen LogP contribution in [0.5, 0.6) is 0 Å². The van der Waals surface area contributed by atoms with Crippen molar-refractivity contribution in [2.75, 3.05) is 19.6 Å². The Labute approximate surface area is 144 Å². The molecule has 130 valence electrons. The average Bonchev–Trinajstić information content (AvgIpc) is 2.62. The molecule has 1 aromatic heterocycles. The second-order valence-corrected chi connectivity index (χ2v) is 6.05. The van der Waals surface area contributed by atoms with Gasteiger partial charge in [-0.3, -0.25) is 9.88 Å². The van der Waals surface area contributed by atoms with Gasteiger partial charge in [-0.1, -0.05) is 44.2 Å². The molecule has 0 fully saturated rings. The fourth-order valence-corrected chi connectivity index (χ4v) is 2.77. The number of benzene rings is 1. The molecule has 1 atom stereocenters. The van der Waals surface area contributed by atoms with Crippen LogP contribution < -0.4 is 5.32 Å². The lowest BCUT2D eigenvalue weighted by Crippen LogP contribution is -2.30. The first-order chi connectivity index (χ1) is 11.7. The summed E-state index contributed by atoms with van der Waals surface area (Å²) in [4.78, 5) is 6.69. The van der Waals surface area contributed by atoms with E-state index in [1.807, 2.05) is 6.07 Å². The van der Waals surface area contributed by atoms with Crippen molar-refractivity contribution in [3.63, 3.8) is 0 Å². The van der Waals surface area contributed by atoms with Gasteiger partial charge in [0.2, 0.25) is 0 Å². The van der Waals surface area contributed by atoms with Crippen molar-refractivity contribution in [2.24, 2.45) is 0 Å². The van der Waals surface area contributed by atoms with Gasteiger partial charge in [0.15, 0.2) is 0 Å². The highest BCUT2D eigenvalue weighted by molar-refractivity contribution is 5.14. The minimum atomic E-state index is -0.285. The zero-order valence-corrected chi connectivity index (χ0v) is 14.7. The van der Waals surface area contributed by atoms with Crippen LogP contribution in [0, 0.1) is 5.82 Å². The molecule has 3 nitrogen and oxygen atoms in total. The van der Waals surface area contributed by atoms with Crippen LogP contribution in [0.2, 0.25) is 0 Å². The fraction of sp³-hybridized carbons (Fsp3) is 0.450. The van der Waals surface area contributed by atoms with E-state index in [2.05, 4.69) is 53.3 Å². The number of rotatable bonds is 10. The summed E-state index contributed by atoms with van der Waals surface area (Å²) in [6, 6.07) is 14.0.